The van der Waals surface area contributed by atoms with Crippen LogP contribution in [0.5, 0.6) is 0 Å². The Morgan fingerprint density at radius 3 is 2.59 bits per heavy atom. The van der Waals surface area contributed by atoms with Gasteiger partial charge in [0.1, 0.15) is 5.82 Å². The maximum Gasteiger partial charge on any atom is 0.260 e. The van der Waals surface area contributed by atoms with E-state index in [1.807, 2.05) is 0 Å². The molecule has 1 aliphatic rings. The lowest BCUT2D eigenvalue weighted by atomic mass is 10.2. The van der Waals surface area contributed by atoms with Gasteiger partial charge in [0, 0.05) is 31.7 Å². The van der Waals surface area contributed by atoms with Gasteiger partial charge in [0.25, 0.3) is 5.91 Å². The first-order valence-electron chi connectivity index (χ1n) is 10.4. The summed E-state index contributed by atoms with van der Waals surface area (Å²) in [7, 11) is -3.35. The summed E-state index contributed by atoms with van der Waals surface area (Å²) < 4.78 is 43.9. The summed E-state index contributed by atoms with van der Waals surface area (Å²) in [6.45, 7) is 5.51. The second kappa shape index (κ2) is 9.62. The van der Waals surface area contributed by atoms with E-state index in [4.69, 9.17) is 4.74 Å². The standard InChI is InChI=1S/C22H24FN3O4S2/c1-2-32(28,29)18-6-3-16(4-7-18)21(27)26(10-9-25-11-13-30-14-12-25)22-24-19-8-5-17(23)15-20(19)31-22/h3-8,15H,2,9-14H2,1H3. The van der Waals surface area contributed by atoms with Gasteiger partial charge in [-0.15, -0.1) is 0 Å². The lowest BCUT2D eigenvalue weighted by molar-refractivity contribution is 0.0391. The maximum absolute atomic E-state index is 13.7. The van der Waals surface area contributed by atoms with Crippen molar-refractivity contribution in [3.63, 3.8) is 0 Å². The fourth-order valence-corrected chi connectivity index (χ4v) is 5.38. The molecule has 10 heteroatoms. The summed E-state index contributed by atoms with van der Waals surface area (Å²) in [5.41, 5.74) is 0.993. The average Bonchev–Trinajstić information content (AvgIpc) is 3.22. The highest BCUT2D eigenvalue weighted by Crippen LogP contribution is 2.30. The van der Waals surface area contributed by atoms with Gasteiger partial charge in [0.15, 0.2) is 15.0 Å². The normalized spacial score (nSPS) is 15.2. The SMILES string of the molecule is CCS(=O)(=O)c1ccc(C(=O)N(CCN2CCOCC2)c2nc3ccc(F)cc3s2)cc1. The predicted molar refractivity (Wildman–Crippen MR) is 123 cm³/mol. The first kappa shape index (κ1) is 22.8. The Balaban J connectivity index is 1.63. The van der Waals surface area contributed by atoms with Crippen molar-refractivity contribution >= 4 is 42.4 Å². The van der Waals surface area contributed by atoms with Gasteiger partial charge in [-0.25, -0.2) is 17.8 Å². The molecule has 1 aliphatic heterocycles. The van der Waals surface area contributed by atoms with Gasteiger partial charge in [0.2, 0.25) is 0 Å². The molecule has 0 radical (unpaired) electrons. The summed E-state index contributed by atoms with van der Waals surface area (Å²) in [5.74, 6) is -0.640. The van der Waals surface area contributed by atoms with E-state index < -0.39 is 9.84 Å². The summed E-state index contributed by atoms with van der Waals surface area (Å²) in [5, 5.41) is 0.481. The summed E-state index contributed by atoms with van der Waals surface area (Å²) in [6.07, 6.45) is 0. The number of aromatic nitrogens is 1. The molecule has 0 saturated carbocycles. The molecule has 4 rings (SSSR count). The highest BCUT2D eigenvalue weighted by Gasteiger charge is 2.23. The zero-order valence-electron chi connectivity index (χ0n) is 17.7. The number of sulfone groups is 1. The molecule has 2 aromatic carbocycles. The van der Waals surface area contributed by atoms with E-state index in [1.165, 1.54) is 47.7 Å². The van der Waals surface area contributed by atoms with Gasteiger partial charge in [-0.2, -0.15) is 0 Å². The minimum Gasteiger partial charge on any atom is -0.379 e. The Morgan fingerprint density at radius 1 is 1.19 bits per heavy atom. The number of hydrogen-bond acceptors (Lipinski definition) is 7. The largest absolute Gasteiger partial charge is 0.379 e. The molecule has 0 aliphatic carbocycles. The van der Waals surface area contributed by atoms with Crippen LogP contribution in [0.1, 0.15) is 17.3 Å². The number of nitrogens with zero attached hydrogens (tertiary/aromatic N) is 3. The molecule has 7 nitrogen and oxygen atoms in total. The number of amides is 1. The molecule has 1 amide bonds. The second-order valence-corrected chi connectivity index (χ2v) is 10.7. The third-order valence-corrected chi connectivity index (χ3v) is 8.19. The molecule has 0 atom stereocenters. The Labute approximate surface area is 190 Å². The Hall–Kier alpha value is -2.40. The molecule has 0 bridgehead atoms. The quantitative estimate of drug-likeness (QED) is 0.520. The predicted octanol–water partition coefficient (Wildman–Crippen LogP) is 3.21. The zero-order valence-corrected chi connectivity index (χ0v) is 19.3. The van der Waals surface area contributed by atoms with Crippen LogP contribution in [0.3, 0.4) is 0 Å². The van der Waals surface area contributed by atoms with Gasteiger partial charge in [-0.3, -0.25) is 14.6 Å². The number of anilines is 1. The van der Waals surface area contributed by atoms with E-state index in [2.05, 4.69) is 9.88 Å². The number of morpholine rings is 1. The number of benzene rings is 2. The van der Waals surface area contributed by atoms with Gasteiger partial charge < -0.3 is 4.74 Å². The average molecular weight is 478 g/mol. The fourth-order valence-electron chi connectivity index (χ4n) is 3.48. The molecule has 170 valence electrons. The van der Waals surface area contributed by atoms with Gasteiger partial charge >= 0.3 is 0 Å². The van der Waals surface area contributed by atoms with Crippen LogP contribution in [0.4, 0.5) is 9.52 Å². The topological polar surface area (TPSA) is 79.8 Å². The van der Waals surface area contributed by atoms with Crippen LogP contribution in [-0.2, 0) is 14.6 Å². The summed E-state index contributed by atoms with van der Waals surface area (Å²) in [6, 6.07) is 10.3. The van der Waals surface area contributed by atoms with Gasteiger partial charge in [0.05, 0.1) is 34.1 Å². The van der Waals surface area contributed by atoms with E-state index in [0.29, 0.717) is 47.2 Å². The third kappa shape index (κ3) is 4.98. The van der Waals surface area contributed by atoms with E-state index in [0.717, 1.165) is 13.1 Å². The van der Waals surface area contributed by atoms with Crippen LogP contribution in [0.2, 0.25) is 0 Å². The van der Waals surface area contributed by atoms with Crippen molar-refractivity contribution in [3.05, 3.63) is 53.8 Å². The Bertz CT molecular complexity index is 1210. The monoisotopic (exact) mass is 477 g/mol. The number of carbonyl (C=O) groups is 1. The second-order valence-electron chi connectivity index (χ2n) is 7.45. The molecule has 0 N–H and O–H groups in total. The smallest absolute Gasteiger partial charge is 0.260 e. The lowest BCUT2D eigenvalue weighted by Gasteiger charge is -2.29. The number of thiazole rings is 1. The molecule has 1 aromatic heterocycles. The van der Waals surface area contributed by atoms with Crippen LogP contribution < -0.4 is 4.90 Å². The van der Waals surface area contributed by atoms with E-state index in [1.54, 1.807) is 17.9 Å². The van der Waals surface area contributed by atoms with Crippen LogP contribution in [0.25, 0.3) is 10.2 Å². The number of ether oxygens (including phenoxy) is 1. The molecular weight excluding hydrogens is 453 g/mol. The van der Waals surface area contributed by atoms with Crippen molar-refractivity contribution in [1.82, 2.24) is 9.88 Å². The molecule has 0 unspecified atom stereocenters. The van der Waals surface area contributed by atoms with Crippen LogP contribution in [0.15, 0.2) is 47.4 Å². The Morgan fingerprint density at radius 2 is 1.91 bits per heavy atom. The molecule has 1 fully saturated rings. The van der Waals surface area contributed by atoms with Crippen molar-refractivity contribution in [2.24, 2.45) is 0 Å². The third-order valence-electron chi connectivity index (χ3n) is 5.40. The Kier molecular flexibility index (Phi) is 6.85. The van der Waals surface area contributed by atoms with Crippen molar-refractivity contribution < 1.29 is 22.3 Å². The molecule has 2 heterocycles. The number of carbonyl (C=O) groups excluding carboxylic acids is 1. The van der Waals surface area contributed by atoms with E-state index >= 15 is 0 Å². The number of hydrogen-bond donors (Lipinski definition) is 0. The molecule has 1 saturated heterocycles. The maximum atomic E-state index is 13.7. The molecule has 0 spiro atoms. The molecule has 3 aromatic rings. The lowest BCUT2D eigenvalue weighted by Crippen LogP contribution is -2.43. The number of halogens is 1. The van der Waals surface area contributed by atoms with Crippen LogP contribution in [0, 0.1) is 5.82 Å². The summed E-state index contributed by atoms with van der Waals surface area (Å²) >= 11 is 1.26. The fraction of sp³-hybridized carbons (Fsp3) is 0.364. The van der Waals surface area contributed by atoms with E-state index in [-0.39, 0.29) is 22.4 Å². The van der Waals surface area contributed by atoms with Crippen molar-refractivity contribution in [3.8, 4) is 0 Å². The van der Waals surface area contributed by atoms with Gasteiger partial charge in [-0.1, -0.05) is 18.3 Å². The molecule has 32 heavy (non-hydrogen) atoms. The molecular formula is C22H24FN3O4S2. The first-order valence-corrected chi connectivity index (χ1v) is 12.8. The minimum absolute atomic E-state index is 0.00572. The van der Waals surface area contributed by atoms with Gasteiger partial charge in [-0.05, 0) is 42.5 Å². The first-order chi connectivity index (χ1) is 15.4. The number of fused-ring (bicyclic) bond motifs is 1. The van der Waals surface area contributed by atoms with Crippen LogP contribution in [-0.4, -0.2) is 69.4 Å². The van der Waals surface area contributed by atoms with Crippen molar-refractivity contribution in [2.75, 3.05) is 50.0 Å². The van der Waals surface area contributed by atoms with E-state index in [9.17, 15) is 17.6 Å². The highest BCUT2D eigenvalue weighted by molar-refractivity contribution is 7.91. The summed E-state index contributed by atoms with van der Waals surface area (Å²) in [4.78, 5) is 22.0. The number of rotatable bonds is 7. The minimum atomic E-state index is -3.35. The zero-order chi connectivity index (χ0) is 22.7. The van der Waals surface area contributed by atoms with Crippen molar-refractivity contribution in [2.45, 2.75) is 11.8 Å². The van der Waals surface area contributed by atoms with Crippen LogP contribution >= 0.6 is 11.3 Å². The van der Waals surface area contributed by atoms with Crippen molar-refractivity contribution in [1.29, 1.82) is 0 Å². The highest BCUT2D eigenvalue weighted by atomic mass is 32.2.